The number of nitrogens with zero attached hydrogens (tertiary/aromatic N) is 5. The first-order valence-corrected chi connectivity index (χ1v) is 10.2. The van der Waals surface area contributed by atoms with Crippen LogP contribution in [-0.2, 0) is 0 Å². The summed E-state index contributed by atoms with van der Waals surface area (Å²) in [5.74, 6) is 2.09. The van der Waals surface area contributed by atoms with E-state index >= 15 is 0 Å². The van der Waals surface area contributed by atoms with Crippen molar-refractivity contribution in [3.05, 3.63) is 64.8 Å². The van der Waals surface area contributed by atoms with Gasteiger partial charge in [0.15, 0.2) is 0 Å². The van der Waals surface area contributed by atoms with Gasteiger partial charge in [-0.3, -0.25) is 4.79 Å². The Morgan fingerprint density at radius 1 is 1.03 bits per heavy atom. The molecule has 0 N–H and O–H groups in total. The molecule has 2 aromatic heterocycles. The van der Waals surface area contributed by atoms with Gasteiger partial charge in [-0.05, 0) is 32.0 Å². The fraction of sp³-hybridized carbons (Fsp3) is 0.318. The first-order valence-electron chi connectivity index (χ1n) is 9.83. The van der Waals surface area contributed by atoms with Crippen LogP contribution in [0.2, 0.25) is 5.02 Å². The molecule has 7 nitrogen and oxygen atoms in total. The maximum Gasteiger partial charge on any atom is 0.257 e. The molecule has 0 unspecified atom stereocenters. The van der Waals surface area contributed by atoms with E-state index in [1.165, 1.54) is 0 Å². The Morgan fingerprint density at radius 2 is 1.73 bits per heavy atom. The summed E-state index contributed by atoms with van der Waals surface area (Å²) in [5, 5.41) is 0.501. The molecule has 1 aliphatic rings. The highest BCUT2D eigenvalue weighted by Gasteiger charge is 2.26. The van der Waals surface area contributed by atoms with E-state index in [1.807, 2.05) is 53.9 Å². The molecule has 0 bridgehead atoms. The molecule has 0 saturated carbocycles. The van der Waals surface area contributed by atoms with Crippen molar-refractivity contribution in [3.63, 3.8) is 0 Å². The smallest absolute Gasteiger partial charge is 0.257 e. The number of anilines is 1. The number of amides is 1. The summed E-state index contributed by atoms with van der Waals surface area (Å²) in [6.07, 6.45) is 3.80. The van der Waals surface area contributed by atoms with E-state index in [1.54, 1.807) is 19.2 Å². The second-order valence-electron chi connectivity index (χ2n) is 7.29. The van der Waals surface area contributed by atoms with Crippen LogP contribution in [0.4, 0.5) is 5.82 Å². The van der Waals surface area contributed by atoms with Gasteiger partial charge < -0.3 is 19.1 Å². The zero-order chi connectivity index (χ0) is 21.3. The van der Waals surface area contributed by atoms with Crippen LogP contribution in [0.1, 0.15) is 21.9 Å². The number of carbonyl (C=O) groups excluding carboxylic acids is 1. The molecule has 1 aromatic carbocycles. The lowest BCUT2D eigenvalue weighted by molar-refractivity contribution is 0.0743. The van der Waals surface area contributed by atoms with E-state index in [0.29, 0.717) is 42.5 Å². The van der Waals surface area contributed by atoms with Gasteiger partial charge in [-0.2, -0.15) is 0 Å². The quantitative estimate of drug-likeness (QED) is 0.640. The van der Waals surface area contributed by atoms with Gasteiger partial charge >= 0.3 is 0 Å². The average molecular weight is 426 g/mol. The lowest BCUT2D eigenvalue weighted by Crippen LogP contribution is -2.49. The molecule has 1 saturated heterocycles. The number of carbonyl (C=O) groups is 1. The normalized spacial score (nSPS) is 14.1. The van der Waals surface area contributed by atoms with Gasteiger partial charge in [0.2, 0.25) is 0 Å². The van der Waals surface area contributed by atoms with E-state index in [4.69, 9.17) is 16.3 Å². The number of hydrogen-bond acceptors (Lipinski definition) is 5. The summed E-state index contributed by atoms with van der Waals surface area (Å²) in [6.45, 7) is 6.47. The SMILES string of the molecule is COc1cc(-n2cccc2)c(Cl)cc1C(=O)N1CCN(c2cc(C)nc(C)n2)CC1. The first kappa shape index (κ1) is 20.2. The minimum absolute atomic E-state index is 0.0810. The lowest BCUT2D eigenvalue weighted by atomic mass is 10.1. The van der Waals surface area contributed by atoms with E-state index in [9.17, 15) is 4.79 Å². The average Bonchev–Trinajstić information content (AvgIpc) is 3.27. The van der Waals surface area contributed by atoms with Gasteiger partial charge in [0, 0.05) is 56.4 Å². The molecule has 0 spiro atoms. The number of methoxy groups -OCH3 is 1. The first-order chi connectivity index (χ1) is 14.5. The van der Waals surface area contributed by atoms with Crippen molar-refractivity contribution in [2.45, 2.75) is 13.8 Å². The zero-order valence-corrected chi connectivity index (χ0v) is 18.1. The summed E-state index contributed by atoms with van der Waals surface area (Å²) in [7, 11) is 1.57. The third-order valence-electron chi connectivity index (χ3n) is 5.23. The van der Waals surface area contributed by atoms with Gasteiger partial charge in [0.1, 0.15) is 17.4 Å². The molecule has 30 heavy (non-hydrogen) atoms. The molecule has 1 amide bonds. The van der Waals surface area contributed by atoms with E-state index in [-0.39, 0.29) is 5.91 Å². The molecule has 1 fully saturated rings. The Morgan fingerprint density at radius 3 is 2.37 bits per heavy atom. The van der Waals surface area contributed by atoms with Crippen molar-refractivity contribution in [2.75, 3.05) is 38.2 Å². The van der Waals surface area contributed by atoms with Gasteiger partial charge in [-0.1, -0.05) is 11.6 Å². The molecule has 0 atom stereocenters. The van der Waals surface area contributed by atoms with Gasteiger partial charge in [-0.15, -0.1) is 0 Å². The summed E-state index contributed by atoms with van der Waals surface area (Å²) in [6, 6.07) is 9.32. The number of ether oxygens (including phenoxy) is 1. The summed E-state index contributed by atoms with van der Waals surface area (Å²) < 4.78 is 7.41. The summed E-state index contributed by atoms with van der Waals surface area (Å²) in [5.41, 5.74) is 2.19. The monoisotopic (exact) mass is 425 g/mol. The van der Waals surface area contributed by atoms with Crippen LogP contribution in [0.3, 0.4) is 0 Å². The van der Waals surface area contributed by atoms with Crippen LogP contribution in [0.15, 0.2) is 42.7 Å². The summed E-state index contributed by atoms with van der Waals surface area (Å²) >= 11 is 6.50. The molecule has 4 rings (SSSR count). The number of hydrogen-bond donors (Lipinski definition) is 0. The lowest BCUT2D eigenvalue weighted by Gasteiger charge is -2.35. The molecule has 3 aromatic rings. The van der Waals surface area contributed by atoms with Crippen molar-refractivity contribution in [1.29, 1.82) is 0 Å². The second kappa shape index (κ2) is 8.36. The van der Waals surface area contributed by atoms with Crippen molar-refractivity contribution in [3.8, 4) is 11.4 Å². The predicted molar refractivity (Wildman–Crippen MR) is 117 cm³/mol. The molecular formula is C22H24ClN5O2. The topological polar surface area (TPSA) is 63.5 Å². The number of benzene rings is 1. The van der Waals surface area contributed by atoms with Gasteiger partial charge in [0.05, 0.1) is 23.4 Å². The third-order valence-corrected chi connectivity index (χ3v) is 5.53. The number of rotatable bonds is 4. The molecule has 0 aliphatic carbocycles. The Bertz CT molecular complexity index is 1040. The molecule has 0 radical (unpaired) electrons. The van der Waals surface area contributed by atoms with E-state index < -0.39 is 0 Å². The maximum atomic E-state index is 13.2. The van der Waals surface area contributed by atoms with Gasteiger partial charge in [0.25, 0.3) is 5.91 Å². The predicted octanol–water partition coefficient (Wildman–Crippen LogP) is 3.51. The summed E-state index contributed by atoms with van der Waals surface area (Å²) in [4.78, 5) is 26.1. The highest BCUT2D eigenvalue weighted by atomic mass is 35.5. The van der Waals surface area contributed by atoms with Crippen molar-refractivity contribution < 1.29 is 9.53 Å². The zero-order valence-electron chi connectivity index (χ0n) is 17.3. The third kappa shape index (κ3) is 3.98. The largest absolute Gasteiger partial charge is 0.496 e. The maximum absolute atomic E-state index is 13.2. The standard InChI is InChI=1S/C22H24ClN5O2/c1-15-12-21(25-16(2)24-15)27-8-10-28(11-9-27)22(29)17-13-18(23)19(14-20(17)30-3)26-6-4-5-7-26/h4-7,12-14H,8-11H2,1-3H3. The number of piperazine rings is 1. The van der Waals surface area contributed by atoms with Gasteiger partial charge in [-0.25, -0.2) is 9.97 Å². The van der Waals surface area contributed by atoms with Crippen LogP contribution < -0.4 is 9.64 Å². The fourth-order valence-corrected chi connectivity index (χ4v) is 4.00. The Hall–Kier alpha value is -3.06. The second-order valence-corrected chi connectivity index (χ2v) is 7.70. The van der Waals surface area contributed by atoms with Crippen LogP contribution in [-0.4, -0.2) is 58.6 Å². The van der Waals surface area contributed by atoms with Crippen molar-refractivity contribution in [1.82, 2.24) is 19.4 Å². The molecule has 1 aliphatic heterocycles. The van der Waals surface area contributed by atoms with Crippen LogP contribution >= 0.6 is 11.6 Å². The minimum atomic E-state index is -0.0810. The molecule has 156 valence electrons. The minimum Gasteiger partial charge on any atom is -0.496 e. The fourth-order valence-electron chi connectivity index (χ4n) is 3.74. The van der Waals surface area contributed by atoms with Crippen LogP contribution in [0, 0.1) is 13.8 Å². The molecular weight excluding hydrogens is 402 g/mol. The number of halogens is 1. The Balaban J connectivity index is 1.52. The van der Waals surface area contributed by atoms with Crippen molar-refractivity contribution in [2.24, 2.45) is 0 Å². The molecule has 8 heteroatoms. The molecule has 3 heterocycles. The van der Waals surface area contributed by atoms with Crippen LogP contribution in [0.25, 0.3) is 5.69 Å². The van der Waals surface area contributed by atoms with Crippen LogP contribution in [0.5, 0.6) is 5.75 Å². The van der Waals surface area contributed by atoms with Crippen molar-refractivity contribution >= 4 is 23.3 Å². The highest BCUT2D eigenvalue weighted by Crippen LogP contribution is 2.31. The van der Waals surface area contributed by atoms with E-state index in [2.05, 4.69) is 14.9 Å². The number of aromatic nitrogens is 3. The highest BCUT2D eigenvalue weighted by molar-refractivity contribution is 6.33. The Labute approximate surface area is 180 Å². The van der Waals surface area contributed by atoms with E-state index in [0.717, 1.165) is 23.0 Å². The Kier molecular flexibility index (Phi) is 5.63. The number of aryl methyl sites for hydroxylation is 2.